The summed E-state index contributed by atoms with van der Waals surface area (Å²) in [5, 5.41) is 5.04. The molecule has 1 aliphatic rings. The van der Waals surface area contributed by atoms with E-state index >= 15 is 0 Å². The molecule has 0 unspecified atom stereocenters. The Labute approximate surface area is 160 Å². The number of hydrogen-bond donors (Lipinski definition) is 1. The number of carbonyl (C=O) groups excluding carboxylic acids is 2. The molecule has 0 atom stereocenters. The van der Waals surface area contributed by atoms with Crippen LogP contribution in [0.4, 0.5) is 11.5 Å². The maximum absolute atomic E-state index is 12.5. The molecule has 0 saturated carbocycles. The van der Waals surface area contributed by atoms with Crippen LogP contribution in [0.1, 0.15) is 9.67 Å². The van der Waals surface area contributed by atoms with Crippen molar-refractivity contribution >= 4 is 46.3 Å². The van der Waals surface area contributed by atoms with E-state index < -0.39 is 0 Å². The van der Waals surface area contributed by atoms with Gasteiger partial charge in [0.05, 0.1) is 16.9 Å². The van der Waals surface area contributed by atoms with Crippen LogP contribution in [0.15, 0.2) is 29.8 Å². The van der Waals surface area contributed by atoms with Crippen molar-refractivity contribution in [1.82, 2.24) is 9.88 Å². The summed E-state index contributed by atoms with van der Waals surface area (Å²) in [7, 11) is 1.47. The zero-order valence-corrected chi connectivity index (χ0v) is 15.8. The van der Waals surface area contributed by atoms with E-state index in [4.69, 9.17) is 16.3 Å². The average molecular weight is 395 g/mol. The minimum Gasteiger partial charge on any atom is -0.375 e. The number of anilines is 2. The number of aromatic nitrogens is 1. The van der Waals surface area contributed by atoms with Crippen molar-refractivity contribution in [2.24, 2.45) is 0 Å². The van der Waals surface area contributed by atoms with Crippen molar-refractivity contribution in [2.75, 3.05) is 50.1 Å². The lowest BCUT2D eigenvalue weighted by atomic mass is 10.2. The fourth-order valence-electron chi connectivity index (χ4n) is 2.70. The molecule has 0 bridgehead atoms. The van der Waals surface area contributed by atoms with Gasteiger partial charge in [-0.25, -0.2) is 4.98 Å². The van der Waals surface area contributed by atoms with Crippen molar-refractivity contribution in [3.8, 4) is 0 Å². The number of nitrogens with zero attached hydrogens (tertiary/aromatic N) is 3. The lowest BCUT2D eigenvalue weighted by Gasteiger charge is -2.35. The molecule has 1 N–H and O–H groups in total. The van der Waals surface area contributed by atoms with Gasteiger partial charge in [0.1, 0.15) is 17.3 Å². The van der Waals surface area contributed by atoms with Crippen molar-refractivity contribution in [1.29, 1.82) is 0 Å². The van der Waals surface area contributed by atoms with E-state index in [0.717, 1.165) is 5.82 Å². The van der Waals surface area contributed by atoms with Gasteiger partial charge in [-0.2, -0.15) is 0 Å². The van der Waals surface area contributed by atoms with Crippen molar-refractivity contribution in [3.05, 3.63) is 39.7 Å². The van der Waals surface area contributed by atoms with Crippen LogP contribution >= 0.6 is 22.9 Å². The molecule has 0 aromatic carbocycles. The summed E-state index contributed by atoms with van der Waals surface area (Å²) >= 11 is 7.42. The molecule has 138 valence electrons. The lowest BCUT2D eigenvalue weighted by molar-refractivity contribution is -0.119. The van der Waals surface area contributed by atoms with Crippen LogP contribution in [0.5, 0.6) is 0 Å². The molecule has 1 aliphatic heterocycles. The van der Waals surface area contributed by atoms with Crippen molar-refractivity contribution in [3.63, 3.8) is 0 Å². The van der Waals surface area contributed by atoms with Crippen molar-refractivity contribution in [2.45, 2.75) is 0 Å². The van der Waals surface area contributed by atoms with Crippen molar-refractivity contribution < 1.29 is 14.3 Å². The standard InChI is InChI=1S/C17H19ClN4O3S/c1-25-11-15(23)20-12-2-3-14(19-10-12)21-5-7-22(8-6-21)17(24)16-13(18)4-9-26-16/h2-4,9-10H,5-8,11H2,1H3,(H,20,23). The minimum atomic E-state index is -0.221. The topological polar surface area (TPSA) is 74.8 Å². The molecule has 3 heterocycles. The Morgan fingerprint density at radius 2 is 2.04 bits per heavy atom. The highest BCUT2D eigenvalue weighted by Crippen LogP contribution is 2.24. The van der Waals surface area contributed by atoms with Crippen LogP contribution in [0.2, 0.25) is 5.02 Å². The highest BCUT2D eigenvalue weighted by atomic mass is 35.5. The highest BCUT2D eigenvalue weighted by Gasteiger charge is 2.24. The molecule has 26 heavy (non-hydrogen) atoms. The largest absolute Gasteiger partial charge is 0.375 e. The maximum Gasteiger partial charge on any atom is 0.265 e. The number of pyridine rings is 1. The Morgan fingerprint density at radius 1 is 1.27 bits per heavy atom. The second-order valence-corrected chi connectivity index (χ2v) is 7.09. The average Bonchev–Trinajstić information content (AvgIpc) is 3.08. The van der Waals surface area contributed by atoms with Crippen LogP contribution in [0, 0.1) is 0 Å². The summed E-state index contributed by atoms with van der Waals surface area (Å²) in [6.07, 6.45) is 1.62. The van der Waals surface area contributed by atoms with Gasteiger partial charge >= 0.3 is 0 Å². The first-order chi connectivity index (χ1) is 12.6. The maximum atomic E-state index is 12.5. The summed E-state index contributed by atoms with van der Waals surface area (Å²) in [5.41, 5.74) is 0.622. The molecule has 2 aromatic heterocycles. The van der Waals surface area contributed by atoms with E-state index in [2.05, 4.69) is 15.2 Å². The molecular formula is C17H19ClN4O3S. The molecule has 2 amide bonds. The number of rotatable bonds is 5. The van der Waals surface area contributed by atoms with E-state index in [1.54, 1.807) is 18.3 Å². The third kappa shape index (κ3) is 4.32. The summed E-state index contributed by atoms with van der Waals surface area (Å²) in [6.45, 7) is 2.61. The Kier molecular flexibility index (Phi) is 6.08. The molecule has 3 rings (SSSR count). The molecule has 1 saturated heterocycles. The van der Waals surface area contributed by atoms with Gasteiger partial charge in [0.15, 0.2) is 0 Å². The minimum absolute atomic E-state index is 0.00595. The molecule has 1 fully saturated rings. The molecule has 0 aliphatic carbocycles. The van der Waals surface area contributed by atoms with Crippen LogP contribution in [-0.2, 0) is 9.53 Å². The zero-order chi connectivity index (χ0) is 18.5. The van der Waals surface area contributed by atoms with Gasteiger partial charge in [-0.1, -0.05) is 11.6 Å². The summed E-state index contributed by atoms with van der Waals surface area (Å²) in [5.74, 6) is 0.575. The third-order valence-corrected chi connectivity index (χ3v) is 5.34. The number of methoxy groups -OCH3 is 1. The first-order valence-electron chi connectivity index (χ1n) is 8.10. The third-order valence-electron chi connectivity index (χ3n) is 4.01. The normalized spacial score (nSPS) is 14.4. The SMILES string of the molecule is COCC(=O)Nc1ccc(N2CCN(C(=O)c3sccc3Cl)CC2)nc1. The highest BCUT2D eigenvalue weighted by molar-refractivity contribution is 7.12. The van der Waals surface area contributed by atoms with Gasteiger partial charge in [0, 0.05) is 33.3 Å². The van der Waals surface area contributed by atoms with Gasteiger partial charge in [-0.05, 0) is 23.6 Å². The van der Waals surface area contributed by atoms with Gasteiger partial charge in [0.2, 0.25) is 5.91 Å². The molecular weight excluding hydrogens is 376 g/mol. The molecule has 2 aromatic rings. The predicted molar refractivity (Wildman–Crippen MR) is 102 cm³/mol. The number of amides is 2. The predicted octanol–water partition coefficient (Wildman–Crippen LogP) is 2.34. The first kappa shape index (κ1) is 18.6. The fraction of sp³-hybridized carbons (Fsp3) is 0.353. The van der Waals surface area contributed by atoms with E-state index in [0.29, 0.717) is 41.8 Å². The van der Waals surface area contributed by atoms with E-state index in [9.17, 15) is 9.59 Å². The number of carbonyl (C=O) groups is 2. The van der Waals surface area contributed by atoms with Crippen LogP contribution in [0.3, 0.4) is 0 Å². The number of piperazine rings is 1. The Balaban J connectivity index is 1.55. The van der Waals surface area contributed by atoms with Gasteiger partial charge in [-0.15, -0.1) is 11.3 Å². The van der Waals surface area contributed by atoms with Gasteiger partial charge in [0.25, 0.3) is 5.91 Å². The Morgan fingerprint density at radius 3 is 2.62 bits per heavy atom. The molecule has 0 spiro atoms. The molecule has 0 radical (unpaired) electrons. The second-order valence-electron chi connectivity index (χ2n) is 5.76. The zero-order valence-electron chi connectivity index (χ0n) is 14.3. The fourth-order valence-corrected chi connectivity index (χ4v) is 3.81. The van der Waals surface area contributed by atoms with Gasteiger partial charge < -0.3 is 19.9 Å². The first-order valence-corrected chi connectivity index (χ1v) is 9.36. The number of ether oxygens (including phenoxy) is 1. The van der Waals surface area contributed by atoms with Crippen LogP contribution in [-0.4, -0.2) is 61.6 Å². The van der Waals surface area contributed by atoms with Crippen LogP contribution in [0.25, 0.3) is 0 Å². The number of halogens is 1. The summed E-state index contributed by atoms with van der Waals surface area (Å²) < 4.78 is 4.78. The number of nitrogens with one attached hydrogen (secondary N) is 1. The number of hydrogen-bond acceptors (Lipinski definition) is 6. The van der Waals surface area contributed by atoms with E-state index in [-0.39, 0.29) is 18.4 Å². The Hall–Kier alpha value is -2.16. The second kappa shape index (κ2) is 8.48. The van der Waals surface area contributed by atoms with Crippen LogP contribution < -0.4 is 10.2 Å². The smallest absolute Gasteiger partial charge is 0.265 e. The van der Waals surface area contributed by atoms with E-state index in [1.165, 1.54) is 18.4 Å². The molecule has 7 nitrogen and oxygen atoms in total. The van der Waals surface area contributed by atoms with Gasteiger partial charge in [-0.3, -0.25) is 9.59 Å². The monoisotopic (exact) mass is 394 g/mol. The Bertz CT molecular complexity index is 773. The quantitative estimate of drug-likeness (QED) is 0.842. The summed E-state index contributed by atoms with van der Waals surface area (Å²) in [4.78, 5) is 32.9. The number of thiophene rings is 1. The molecule has 9 heteroatoms. The van der Waals surface area contributed by atoms with E-state index in [1.807, 2.05) is 16.3 Å². The summed E-state index contributed by atoms with van der Waals surface area (Å²) in [6, 6.07) is 5.40. The lowest BCUT2D eigenvalue weighted by Crippen LogP contribution is -2.48.